The summed E-state index contributed by atoms with van der Waals surface area (Å²) in [5.41, 5.74) is -1.11. The Morgan fingerprint density at radius 2 is 1.50 bits per heavy atom. The van der Waals surface area contributed by atoms with E-state index in [1.54, 1.807) is 13.8 Å². The van der Waals surface area contributed by atoms with E-state index in [0.29, 0.717) is 25.6 Å². The van der Waals surface area contributed by atoms with Gasteiger partial charge in [-0.1, -0.05) is 13.0 Å². The molecular formula is C17H34O3. The van der Waals surface area contributed by atoms with Gasteiger partial charge in [-0.3, -0.25) is 0 Å². The maximum atomic E-state index is 9.67. The van der Waals surface area contributed by atoms with Crippen molar-refractivity contribution in [3.63, 3.8) is 0 Å². The van der Waals surface area contributed by atoms with Crippen LogP contribution in [0.15, 0.2) is 12.7 Å². The van der Waals surface area contributed by atoms with Crippen molar-refractivity contribution >= 4 is 0 Å². The molecule has 0 aliphatic carbocycles. The zero-order valence-electron chi connectivity index (χ0n) is 14.5. The molecule has 20 heavy (non-hydrogen) atoms. The van der Waals surface area contributed by atoms with Crippen molar-refractivity contribution in [2.24, 2.45) is 5.92 Å². The minimum Gasteiger partial charge on any atom is -0.390 e. The van der Waals surface area contributed by atoms with Crippen LogP contribution in [0.3, 0.4) is 0 Å². The summed E-state index contributed by atoms with van der Waals surface area (Å²) in [6.45, 7) is 19.0. The number of hydrogen-bond acceptors (Lipinski definition) is 3. The van der Waals surface area contributed by atoms with E-state index in [4.69, 9.17) is 9.47 Å². The summed E-state index contributed by atoms with van der Waals surface area (Å²) in [7, 11) is 0. The van der Waals surface area contributed by atoms with Crippen molar-refractivity contribution in [1.82, 2.24) is 0 Å². The molecule has 0 amide bonds. The molecule has 0 aliphatic heterocycles. The fourth-order valence-corrected chi connectivity index (χ4v) is 1.62. The molecule has 0 saturated carbocycles. The van der Waals surface area contributed by atoms with Gasteiger partial charge >= 0.3 is 0 Å². The van der Waals surface area contributed by atoms with Crippen LogP contribution >= 0.6 is 0 Å². The number of aliphatic hydroxyl groups is 1. The van der Waals surface area contributed by atoms with Crippen LogP contribution in [-0.2, 0) is 9.47 Å². The SMILES string of the molecule is C=CC(C)C(C)(C)OCCC(C)(C)OCCC(C)(C)O. The van der Waals surface area contributed by atoms with Gasteiger partial charge in [0.25, 0.3) is 0 Å². The van der Waals surface area contributed by atoms with Crippen LogP contribution in [0.1, 0.15) is 61.3 Å². The Balaban J connectivity index is 4.07. The van der Waals surface area contributed by atoms with Crippen molar-refractivity contribution in [3.05, 3.63) is 12.7 Å². The van der Waals surface area contributed by atoms with E-state index in [-0.39, 0.29) is 11.2 Å². The third-order valence-electron chi connectivity index (χ3n) is 3.83. The van der Waals surface area contributed by atoms with Crippen LogP contribution in [0, 0.1) is 5.92 Å². The molecule has 120 valence electrons. The molecule has 0 aromatic rings. The van der Waals surface area contributed by atoms with E-state index in [1.807, 2.05) is 6.08 Å². The molecule has 0 rings (SSSR count). The molecule has 3 heteroatoms. The molecule has 0 bridgehead atoms. The average molecular weight is 286 g/mol. The summed E-state index contributed by atoms with van der Waals surface area (Å²) in [6, 6.07) is 0. The lowest BCUT2D eigenvalue weighted by atomic mass is 9.92. The highest BCUT2D eigenvalue weighted by molar-refractivity contribution is 4.88. The van der Waals surface area contributed by atoms with Gasteiger partial charge in [-0.2, -0.15) is 0 Å². The first-order valence-electron chi connectivity index (χ1n) is 7.52. The lowest BCUT2D eigenvalue weighted by Gasteiger charge is -2.33. The van der Waals surface area contributed by atoms with Crippen molar-refractivity contribution in [1.29, 1.82) is 0 Å². The summed E-state index contributed by atoms with van der Waals surface area (Å²) >= 11 is 0. The summed E-state index contributed by atoms with van der Waals surface area (Å²) in [4.78, 5) is 0. The normalized spacial score (nSPS) is 15.2. The van der Waals surface area contributed by atoms with Crippen molar-refractivity contribution in [2.45, 2.75) is 78.1 Å². The highest BCUT2D eigenvalue weighted by Gasteiger charge is 2.26. The molecular weight excluding hydrogens is 252 g/mol. The maximum absolute atomic E-state index is 9.67. The minimum atomic E-state index is -0.673. The third kappa shape index (κ3) is 8.72. The van der Waals surface area contributed by atoms with Gasteiger partial charge in [0, 0.05) is 5.92 Å². The Morgan fingerprint density at radius 1 is 1.00 bits per heavy atom. The fraction of sp³-hybridized carbons (Fsp3) is 0.882. The summed E-state index contributed by atoms with van der Waals surface area (Å²) in [6.07, 6.45) is 3.38. The zero-order valence-corrected chi connectivity index (χ0v) is 14.5. The highest BCUT2D eigenvalue weighted by atomic mass is 16.5. The first-order valence-corrected chi connectivity index (χ1v) is 7.52. The van der Waals surface area contributed by atoms with Gasteiger partial charge in [-0.15, -0.1) is 6.58 Å². The zero-order chi connectivity index (χ0) is 16.0. The van der Waals surface area contributed by atoms with Gasteiger partial charge in [0.1, 0.15) is 0 Å². The topological polar surface area (TPSA) is 38.7 Å². The van der Waals surface area contributed by atoms with E-state index in [1.165, 1.54) is 0 Å². The van der Waals surface area contributed by atoms with Crippen LogP contribution in [0.4, 0.5) is 0 Å². The predicted molar refractivity (Wildman–Crippen MR) is 85.0 cm³/mol. The van der Waals surface area contributed by atoms with Gasteiger partial charge in [0.15, 0.2) is 0 Å². The van der Waals surface area contributed by atoms with E-state index >= 15 is 0 Å². The smallest absolute Gasteiger partial charge is 0.0686 e. The van der Waals surface area contributed by atoms with Crippen LogP contribution in [-0.4, -0.2) is 35.1 Å². The van der Waals surface area contributed by atoms with Gasteiger partial charge < -0.3 is 14.6 Å². The number of hydrogen-bond donors (Lipinski definition) is 1. The monoisotopic (exact) mass is 286 g/mol. The molecule has 0 spiro atoms. The molecule has 3 nitrogen and oxygen atoms in total. The van der Waals surface area contributed by atoms with Gasteiger partial charge in [0.2, 0.25) is 0 Å². The Morgan fingerprint density at radius 3 is 1.95 bits per heavy atom. The maximum Gasteiger partial charge on any atom is 0.0686 e. The quantitative estimate of drug-likeness (QED) is 0.618. The third-order valence-corrected chi connectivity index (χ3v) is 3.83. The fourth-order valence-electron chi connectivity index (χ4n) is 1.62. The van der Waals surface area contributed by atoms with Crippen LogP contribution in [0.2, 0.25) is 0 Å². The molecule has 0 saturated heterocycles. The Bertz CT molecular complexity index is 287. The highest BCUT2D eigenvalue weighted by Crippen LogP contribution is 2.24. The molecule has 1 atom stereocenters. The van der Waals surface area contributed by atoms with Gasteiger partial charge in [-0.05, 0) is 54.4 Å². The van der Waals surface area contributed by atoms with Crippen molar-refractivity contribution < 1.29 is 14.6 Å². The molecule has 1 unspecified atom stereocenters. The first-order chi connectivity index (χ1) is 8.90. The first kappa shape index (κ1) is 19.6. The van der Waals surface area contributed by atoms with E-state index in [0.717, 1.165) is 6.42 Å². The minimum absolute atomic E-state index is 0.203. The van der Waals surface area contributed by atoms with E-state index in [9.17, 15) is 5.11 Å². The number of ether oxygens (including phenoxy) is 2. The van der Waals surface area contributed by atoms with E-state index < -0.39 is 5.60 Å². The summed E-state index contributed by atoms with van der Waals surface area (Å²) < 4.78 is 11.8. The summed E-state index contributed by atoms with van der Waals surface area (Å²) in [5.74, 6) is 0.307. The van der Waals surface area contributed by atoms with Crippen LogP contribution in [0.25, 0.3) is 0 Å². The van der Waals surface area contributed by atoms with Crippen molar-refractivity contribution in [3.8, 4) is 0 Å². The molecule has 0 fully saturated rings. The molecule has 0 aromatic carbocycles. The molecule has 1 N–H and O–H groups in total. The van der Waals surface area contributed by atoms with Gasteiger partial charge in [0.05, 0.1) is 30.0 Å². The van der Waals surface area contributed by atoms with Crippen molar-refractivity contribution in [2.75, 3.05) is 13.2 Å². The lowest BCUT2D eigenvalue weighted by Crippen LogP contribution is -2.35. The van der Waals surface area contributed by atoms with Crippen LogP contribution < -0.4 is 0 Å². The second-order valence-corrected chi connectivity index (χ2v) is 7.40. The summed E-state index contributed by atoms with van der Waals surface area (Å²) in [5, 5.41) is 9.67. The Kier molecular flexibility index (Phi) is 7.43. The second kappa shape index (κ2) is 7.58. The molecule has 0 aromatic heterocycles. The Labute approximate surface area is 125 Å². The largest absolute Gasteiger partial charge is 0.390 e. The number of rotatable bonds is 10. The van der Waals surface area contributed by atoms with E-state index in [2.05, 4.69) is 41.2 Å². The van der Waals surface area contributed by atoms with Gasteiger partial charge in [-0.25, -0.2) is 0 Å². The standard InChI is InChI=1S/C17H34O3/c1-9-14(2)17(7,8)20-13-11-16(5,6)19-12-10-15(3,4)18/h9,14,18H,1,10-13H2,2-8H3. The molecule has 0 heterocycles. The average Bonchev–Trinajstić information content (AvgIpc) is 2.24. The predicted octanol–water partition coefficient (Wildman–Crippen LogP) is 3.95. The molecule has 0 aliphatic rings. The van der Waals surface area contributed by atoms with Crippen LogP contribution in [0.5, 0.6) is 0 Å². The Hall–Kier alpha value is -0.380. The molecule has 0 radical (unpaired) electrons. The second-order valence-electron chi connectivity index (χ2n) is 7.40. The lowest BCUT2D eigenvalue weighted by molar-refractivity contribution is -0.0905.